The van der Waals surface area contributed by atoms with Crippen LogP contribution in [0.15, 0.2) is 88.8 Å². The summed E-state index contributed by atoms with van der Waals surface area (Å²) in [5.74, 6) is 6.42. The number of nitrogens with one attached hydrogen (secondary N) is 1. The summed E-state index contributed by atoms with van der Waals surface area (Å²) in [4.78, 5) is 19.5. The first kappa shape index (κ1) is 23.9. The van der Waals surface area contributed by atoms with Gasteiger partial charge in [0.15, 0.2) is 5.16 Å². The second-order valence-electron chi connectivity index (χ2n) is 7.38. The van der Waals surface area contributed by atoms with Crippen LogP contribution < -0.4 is 5.56 Å². The highest BCUT2D eigenvalue weighted by molar-refractivity contribution is 7.98. The fraction of sp³-hybridized carbons (Fsp3) is 0.0741. The molecule has 0 atom stereocenters. The van der Waals surface area contributed by atoms with Gasteiger partial charge in [0, 0.05) is 22.4 Å². The van der Waals surface area contributed by atoms with Crippen LogP contribution in [0.2, 0.25) is 0 Å². The fourth-order valence-electron chi connectivity index (χ4n) is 3.15. The van der Waals surface area contributed by atoms with E-state index in [2.05, 4.69) is 21.8 Å². The van der Waals surface area contributed by atoms with Crippen molar-refractivity contribution in [3.05, 3.63) is 117 Å². The quantitative estimate of drug-likeness (QED) is 0.217. The Bertz CT molecular complexity index is 1490. The van der Waals surface area contributed by atoms with Crippen LogP contribution in [0.1, 0.15) is 27.8 Å². The molecule has 0 amide bonds. The van der Waals surface area contributed by atoms with Gasteiger partial charge in [-0.2, -0.15) is 18.4 Å². The first-order chi connectivity index (χ1) is 16.8. The molecule has 0 spiro atoms. The van der Waals surface area contributed by atoms with Crippen LogP contribution in [0, 0.1) is 23.2 Å². The Morgan fingerprint density at radius 2 is 1.51 bits per heavy atom. The maximum Gasteiger partial charge on any atom is 0.416 e. The van der Waals surface area contributed by atoms with E-state index in [0.29, 0.717) is 16.9 Å². The molecule has 4 aromatic rings. The monoisotopic (exact) mass is 487 g/mol. The minimum absolute atomic E-state index is 0.119. The lowest BCUT2D eigenvalue weighted by Crippen LogP contribution is -2.14. The lowest BCUT2D eigenvalue weighted by molar-refractivity contribution is -0.137. The molecule has 0 fully saturated rings. The van der Waals surface area contributed by atoms with Crippen molar-refractivity contribution in [3.8, 4) is 29.2 Å². The van der Waals surface area contributed by atoms with Gasteiger partial charge in [0.05, 0.1) is 11.3 Å². The summed E-state index contributed by atoms with van der Waals surface area (Å²) in [5.41, 5.74) is 1.66. The van der Waals surface area contributed by atoms with Crippen LogP contribution in [0.4, 0.5) is 13.2 Å². The molecule has 4 rings (SSSR count). The van der Waals surface area contributed by atoms with E-state index in [1.807, 2.05) is 36.4 Å². The lowest BCUT2D eigenvalue weighted by Gasteiger charge is -2.08. The van der Waals surface area contributed by atoms with Crippen molar-refractivity contribution in [1.82, 2.24) is 9.97 Å². The number of aromatic nitrogens is 2. The maximum absolute atomic E-state index is 12.7. The van der Waals surface area contributed by atoms with Gasteiger partial charge in [-0.15, -0.1) is 0 Å². The Hall–Kier alpha value is -4.27. The number of nitriles is 1. The van der Waals surface area contributed by atoms with Gasteiger partial charge in [0.1, 0.15) is 11.6 Å². The molecule has 0 radical (unpaired) electrons. The van der Waals surface area contributed by atoms with Crippen molar-refractivity contribution in [2.24, 2.45) is 0 Å². The molecule has 0 bridgehead atoms. The van der Waals surface area contributed by atoms with Gasteiger partial charge in [-0.3, -0.25) is 4.79 Å². The highest BCUT2D eigenvalue weighted by Gasteiger charge is 2.29. The number of hydrogen-bond acceptors (Lipinski definition) is 4. The predicted octanol–water partition coefficient (Wildman–Crippen LogP) is 6.02. The SMILES string of the molecule is N#Cc1c(-c2ccc(C#Cc3ccccc3)cc2)nc(SCc2ccc(C(F)(F)F)cc2)[nH]c1=O. The molecule has 0 saturated heterocycles. The zero-order chi connectivity index (χ0) is 24.8. The number of H-pyrrole nitrogens is 1. The van der Waals surface area contributed by atoms with Gasteiger partial charge in [-0.1, -0.05) is 66.1 Å². The van der Waals surface area contributed by atoms with Gasteiger partial charge < -0.3 is 4.98 Å². The summed E-state index contributed by atoms with van der Waals surface area (Å²) in [5, 5.41) is 9.75. The molecular weight excluding hydrogens is 471 g/mol. The molecule has 1 N–H and O–H groups in total. The molecule has 1 heterocycles. The summed E-state index contributed by atoms with van der Waals surface area (Å²) in [6, 6.07) is 23.3. The number of aromatic amines is 1. The zero-order valence-electron chi connectivity index (χ0n) is 18.1. The summed E-state index contributed by atoms with van der Waals surface area (Å²) in [6.45, 7) is 0. The molecule has 8 heteroatoms. The fourth-order valence-corrected chi connectivity index (χ4v) is 3.97. The lowest BCUT2D eigenvalue weighted by atomic mass is 10.1. The van der Waals surface area contributed by atoms with E-state index in [-0.39, 0.29) is 16.4 Å². The average molecular weight is 488 g/mol. The molecule has 0 aliphatic rings. The maximum atomic E-state index is 12.7. The largest absolute Gasteiger partial charge is 0.416 e. The molecule has 0 unspecified atom stereocenters. The minimum Gasteiger partial charge on any atom is -0.300 e. The van der Waals surface area contributed by atoms with E-state index >= 15 is 0 Å². The highest BCUT2D eigenvalue weighted by Crippen LogP contribution is 2.30. The first-order valence-electron chi connectivity index (χ1n) is 10.3. The summed E-state index contributed by atoms with van der Waals surface area (Å²) >= 11 is 1.16. The predicted molar refractivity (Wildman–Crippen MR) is 128 cm³/mol. The third-order valence-corrected chi connectivity index (χ3v) is 5.89. The third kappa shape index (κ3) is 6.00. The molecule has 4 nitrogen and oxygen atoms in total. The molecular formula is C27H16F3N3OS. The van der Waals surface area contributed by atoms with Crippen molar-refractivity contribution in [1.29, 1.82) is 5.26 Å². The Balaban J connectivity index is 1.55. The van der Waals surface area contributed by atoms with Crippen LogP contribution in [0.5, 0.6) is 0 Å². The molecule has 1 aromatic heterocycles. The molecule has 35 heavy (non-hydrogen) atoms. The average Bonchev–Trinajstić information content (AvgIpc) is 2.86. The summed E-state index contributed by atoms with van der Waals surface area (Å²) in [7, 11) is 0. The van der Waals surface area contributed by atoms with Gasteiger partial charge in [-0.05, 0) is 42.0 Å². The van der Waals surface area contributed by atoms with Crippen LogP contribution in [0.3, 0.4) is 0 Å². The van der Waals surface area contributed by atoms with Crippen LogP contribution in [-0.2, 0) is 11.9 Å². The van der Waals surface area contributed by atoms with Crippen LogP contribution in [0.25, 0.3) is 11.3 Å². The Morgan fingerprint density at radius 3 is 2.11 bits per heavy atom. The Labute approximate surface area is 203 Å². The van der Waals surface area contributed by atoms with Gasteiger partial charge in [0.25, 0.3) is 5.56 Å². The van der Waals surface area contributed by atoms with E-state index in [9.17, 15) is 23.2 Å². The Morgan fingerprint density at radius 1 is 0.886 bits per heavy atom. The molecule has 3 aromatic carbocycles. The number of halogens is 3. The molecule has 0 aliphatic heterocycles. The number of hydrogen-bond donors (Lipinski definition) is 1. The summed E-state index contributed by atoms with van der Waals surface area (Å²) in [6.07, 6.45) is -4.40. The number of rotatable bonds is 4. The van der Waals surface area contributed by atoms with Gasteiger partial charge in [0.2, 0.25) is 0 Å². The smallest absolute Gasteiger partial charge is 0.300 e. The normalized spacial score (nSPS) is 10.8. The standard InChI is InChI=1S/C27H16F3N3OS/c28-27(29,30)22-14-10-20(11-15-22)17-35-26-32-24(23(16-31)25(34)33-26)21-12-8-19(9-13-21)7-6-18-4-2-1-3-5-18/h1-5,8-15H,17H2,(H,32,33,34). The minimum atomic E-state index is -4.40. The van der Waals surface area contributed by atoms with Crippen LogP contribution >= 0.6 is 11.8 Å². The Kier molecular flexibility index (Phi) is 7.05. The van der Waals surface area contributed by atoms with Crippen molar-refractivity contribution < 1.29 is 13.2 Å². The molecule has 0 aliphatic carbocycles. The molecule has 0 saturated carbocycles. The topological polar surface area (TPSA) is 69.5 Å². The molecule has 172 valence electrons. The number of alkyl halides is 3. The second-order valence-corrected chi connectivity index (χ2v) is 8.35. The number of benzene rings is 3. The van der Waals surface area contributed by atoms with Crippen molar-refractivity contribution in [3.63, 3.8) is 0 Å². The van der Waals surface area contributed by atoms with E-state index in [0.717, 1.165) is 35.0 Å². The van der Waals surface area contributed by atoms with E-state index < -0.39 is 17.3 Å². The van der Waals surface area contributed by atoms with E-state index in [1.165, 1.54) is 12.1 Å². The second kappa shape index (κ2) is 10.3. The van der Waals surface area contributed by atoms with Gasteiger partial charge >= 0.3 is 6.18 Å². The zero-order valence-corrected chi connectivity index (χ0v) is 18.9. The number of nitrogens with zero attached hydrogens (tertiary/aromatic N) is 2. The van der Waals surface area contributed by atoms with E-state index in [4.69, 9.17) is 0 Å². The van der Waals surface area contributed by atoms with Crippen molar-refractivity contribution in [2.45, 2.75) is 17.1 Å². The third-order valence-electron chi connectivity index (χ3n) is 4.95. The van der Waals surface area contributed by atoms with E-state index in [1.54, 1.807) is 24.3 Å². The van der Waals surface area contributed by atoms with Crippen molar-refractivity contribution in [2.75, 3.05) is 0 Å². The van der Waals surface area contributed by atoms with Crippen molar-refractivity contribution >= 4 is 11.8 Å². The number of thioether (sulfide) groups is 1. The van der Waals surface area contributed by atoms with Gasteiger partial charge in [-0.25, -0.2) is 4.98 Å². The van der Waals surface area contributed by atoms with Crippen LogP contribution in [-0.4, -0.2) is 9.97 Å². The highest BCUT2D eigenvalue weighted by atomic mass is 32.2. The first-order valence-corrected chi connectivity index (χ1v) is 11.3. The summed E-state index contributed by atoms with van der Waals surface area (Å²) < 4.78 is 38.2.